The number of hydrogen-bond donors (Lipinski definition) is 1. The normalized spacial score (nSPS) is 17.1. The van der Waals surface area contributed by atoms with Gasteiger partial charge in [-0.2, -0.15) is 0 Å². The van der Waals surface area contributed by atoms with Gasteiger partial charge >= 0.3 is 0 Å². The van der Waals surface area contributed by atoms with E-state index in [2.05, 4.69) is 16.8 Å². The zero-order chi connectivity index (χ0) is 13.7. The van der Waals surface area contributed by atoms with E-state index in [1.54, 1.807) is 13.2 Å². The minimum atomic E-state index is -0.204. The molecule has 2 rings (SSSR count). The van der Waals surface area contributed by atoms with E-state index in [4.69, 9.17) is 4.74 Å². The Morgan fingerprint density at radius 2 is 2.15 bits per heavy atom. The minimum Gasteiger partial charge on any atom is -0.496 e. The van der Waals surface area contributed by atoms with Crippen LogP contribution in [0.1, 0.15) is 18.0 Å². The highest BCUT2D eigenvalue weighted by Crippen LogP contribution is 2.34. The third-order valence-corrected chi connectivity index (χ3v) is 3.55. The van der Waals surface area contributed by atoms with Crippen LogP contribution in [0.25, 0.3) is 0 Å². The van der Waals surface area contributed by atoms with E-state index in [1.165, 1.54) is 6.07 Å². The summed E-state index contributed by atoms with van der Waals surface area (Å²) in [7, 11) is 1.58. The van der Waals surface area contributed by atoms with Crippen LogP contribution >= 0.6 is 12.4 Å². The van der Waals surface area contributed by atoms with E-state index >= 15 is 0 Å². The summed E-state index contributed by atoms with van der Waals surface area (Å²) < 4.78 is 19.5. The number of benzene rings is 1. The van der Waals surface area contributed by atoms with E-state index < -0.39 is 0 Å². The van der Waals surface area contributed by atoms with Crippen molar-refractivity contribution in [3.05, 3.63) is 42.2 Å². The maximum Gasteiger partial charge on any atom is 0.131 e. The van der Waals surface area contributed by atoms with Gasteiger partial charge in [-0.1, -0.05) is 12.1 Å². The predicted octanol–water partition coefficient (Wildman–Crippen LogP) is 2.78. The molecule has 0 spiro atoms. The third kappa shape index (κ3) is 3.72. The van der Waals surface area contributed by atoms with Gasteiger partial charge < -0.3 is 10.1 Å². The average molecular weight is 301 g/mol. The molecule has 3 nitrogen and oxygen atoms in total. The number of nitrogens with one attached hydrogen (secondary N) is 1. The van der Waals surface area contributed by atoms with Gasteiger partial charge in [0.05, 0.1) is 7.11 Å². The molecule has 1 fully saturated rings. The summed E-state index contributed by atoms with van der Waals surface area (Å²) in [6.07, 6.45) is 2.57. The van der Waals surface area contributed by atoms with Gasteiger partial charge in [-0.3, -0.25) is 4.90 Å². The Labute approximate surface area is 126 Å². The molecular formula is C15H22ClFN2O. The largest absolute Gasteiger partial charge is 0.496 e. The molecule has 1 saturated heterocycles. The molecule has 0 saturated carbocycles. The fraction of sp³-hybridized carbons (Fsp3) is 0.467. The highest BCUT2D eigenvalue weighted by Gasteiger charge is 2.26. The number of methoxy groups -OCH3 is 1. The van der Waals surface area contributed by atoms with Crippen LogP contribution in [0.5, 0.6) is 5.75 Å². The highest BCUT2D eigenvalue weighted by atomic mass is 35.5. The van der Waals surface area contributed by atoms with Crippen LogP contribution in [0, 0.1) is 5.82 Å². The topological polar surface area (TPSA) is 24.5 Å². The van der Waals surface area contributed by atoms with Crippen molar-refractivity contribution in [3.63, 3.8) is 0 Å². The van der Waals surface area contributed by atoms with Crippen molar-refractivity contribution in [1.29, 1.82) is 0 Å². The predicted molar refractivity (Wildman–Crippen MR) is 82.2 cm³/mol. The lowest BCUT2D eigenvalue weighted by Gasteiger charge is -2.35. The Bertz CT molecular complexity index is 436. The first kappa shape index (κ1) is 17.0. The fourth-order valence-corrected chi connectivity index (χ4v) is 2.62. The molecule has 1 aliphatic heterocycles. The van der Waals surface area contributed by atoms with Gasteiger partial charge in [0.15, 0.2) is 0 Å². The van der Waals surface area contributed by atoms with Gasteiger partial charge in [0.1, 0.15) is 11.6 Å². The van der Waals surface area contributed by atoms with Gasteiger partial charge in [0.2, 0.25) is 0 Å². The Kier molecular flexibility index (Phi) is 6.99. The number of halogens is 2. The van der Waals surface area contributed by atoms with Crippen molar-refractivity contribution in [2.75, 3.05) is 33.3 Å². The van der Waals surface area contributed by atoms with E-state index in [0.717, 1.165) is 32.6 Å². The smallest absolute Gasteiger partial charge is 0.131 e. The molecule has 1 aliphatic rings. The van der Waals surface area contributed by atoms with Crippen LogP contribution in [-0.4, -0.2) is 38.2 Å². The first-order valence-corrected chi connectivity index (χ1v) is 6.66. The molecule has 112 valence electrons. The van der Waals surface area contributed by atoms with Gasteiger partial charge in [-0.05, 0) is 18.6 Å². The van der Waals surface area contributed by atoms with Gasteiger partial charge in [-0.15, -0.1) is 19.0 Å². The van der Waals surface area contributed by atoms with Crippen LogP contribution in [-0.2, 0) is 0 Å². The first-order chi connectivity index (χ1) is 9.27. The molecule has 0 aliphatic carbocycles. The Balaban J connectivity index is 0.00000200. The van der Waals surface area contributed by atoms with E-state index in [9.17, 15) is 4.39 Å². The molecule has 5 heteroatoms. The van der Waals surface area contributed by atoms with E-state index in [1.807, 2.05) is 12.1 Å². The quantitative estimate of drug-likeness (QED) is 0.846. The van der Waals surface area contributed by atoms with Gasteiger partial charge in [0.25, 0.3) is 0 Å². The van der Waals surface area contributed by atoms with Crippen LogP contribution in [0.15, 0.2) is 30.9 Å². The Morgan fingerprint density at radius 1 is 1.45 bits per heavy atom. The summed E-state index contributed by atoms with van der Waals surface area (Å²) in [4.78, 5) is 2.29. The molecule has 20 heavy (non-hydrogen) atoms. The molecule has 1 aromatic rings. The SMILES string of the molecule is C=CC[C@H](c1c(F)cccc1OC)N1CCNCC1.Cl. The summed E-state index contributed by atoms with van der Waals surface area (Å²) in [6.45, 7) is 7.50. The van der Waals surface area contributed by atoms with Gasteiger partial charge in [-0.25, -0.2) is 4.39 Å². The lowest BCUT2D eigenvalue weighted by atomic mass is 9.99. The van der Waals surface area contributed by atoms with Crippen molar-refractivity contribution in [2.24, 2.45) is 0 Å². The molecule has 0 aromatic heterocycles. The lowest BCUT2D eigenvalue weighted by molar-refractivity contribution is 0.168. The molecule has 0 amide bonds. The minimum absolute atomic E-state index is 0. The highest BCUT2D eigenvalue weighted by molar-refractivity contribution is 5.85. The van der Waals surface area contributed by atoms with Crippen molar-refractivity contribution < 1.29 is 9.13 Å². The zero-order valence-corrected chi connectivity index (χ0v) is 12.6. The molecule has 1 aromatic carbocycles. The number of nitrogens with zero attached hydrogens (tertiary/aromatic N) is 1. The number of rotatable bonds is 5. The Hall–Kier alpha value is -1.10. The maximum atomic E-state index is 14.2. The summed E-state index contributed by atoms with van der Waals surface area (Å²) in [5.74, 6) is 0.412. The molecule has 1 N–H and O–H groups in total. The third-order valence-electron chi connectivity index (χ3n) is 3.55. The summed E-state index contributed by atoms with van der Waals surface area (Å²) >= 11 is 0. The standard InChI is InChI=1S/C15H21FN2O.ClH/c1-3-5-13(18-10-8-17-9-11-18)15-12(16)6-4-7-14(15)19-2;/h3-4,6-7,13,17H,1,5,8-11H2,2H3;1H/t13-;/m1./s1. The van der Waals surface area contributed by atoms with Gasteiger partial charge in [0, 0.05) is 37.8 Å². The summed E-state index contributed by atoms with van der Waals surface area (Å²) in [5, 5.41) is 3.31. The first-order valence-electron chi connectivity index (χ1n) is 6.66. The van der Waals surface area contributed by atoms with Crippen molar-refractivity contribution in [2.45, 2.75) is 12.5 Å². The molecule has 0 unspecified atom stereocenters. The van der Waals surface area contributed by atoms with Crippen LogP contribution in [0.3, 0.4) is 0 Å². The second kappa shape index (κ2) is 8.25. The molecule has 1 heterocycles. The molecule has 0 radical (unpaired) electrons. The number of hydrogen-bond acceptors (Lipinski definition) is 3. The van der Waals surface area contributed by atoms with E-state index in [-0.39, 0.29) is 24.3 Å². The second-order valence-corrected chi connectivity index (χ2v) is 4.68. The van der Waals surface area contributed by atoms with Crippen molar-refractivity contribution in [1.82, 2.24) is 10.2 Å². The molecule has 0 bridgehead atoms. The average Bonchev–Trinajstić information content (AvgIpc) is 2.46. The van der Waals surface area contributed by atoms with Crippen molar-refractivity contribution in [3.8, 4) is 5.75 Å². The Morgan fingerprint density at radius 3 is 2.75 bits per heavy atom. The maximum absolute atomic E-state index is 14.2. The molecule has 1 atom stereocenters. The second-order valence-electron chi connectivity index (χ2n) is 4.68. The monoisotopic (exact) mass is 300 g/mol. The van der Waals surface area contributed by atoms with Crippen LogP contribution < -0.4 is 10.1 Å². The lowest BCUT2D eigenvalue weighted by Crippen LogP contribution is -2.45. The van der Waals surface area contributed by atoms with Crippen LogP contribution in [0.4, 0.5) is 4.39 Å². The number of piperazine rings is 1. The number of ether oxygens (including phenoxy) is 1. The summed E-state index contributed by atoms with van der Waals surface area (Å²) in [5.41, 5.74) is 0.645. The zero-order valence-electron chi connectivity index (χ0n) is 11.8. The fourth-order valence-electron chi connectivity index (χ4n) is 2.62. The van der Waals surface area contributed by atoms with E-state index in [0.29, 0.717) is 11.3 Å². The van der Waals surface area contributed by atoms with Crippen LogP contribution in [0.2, 0.25) is 0 Å². The van der Waals surface area contributed by atoms with Crippen molar-refractivity contribution >= 4 is 12.4 Å². The molecular weight excluding hydrogens is 279 g/mol. The summed E-state index contributed by atoms with van der Waals surface area (Å²) in [6, 6.07) is 4.99.